The van der Waals surface area contributed by atoms with E-state index in [1.54, 1.807) is 24.3 Å². The summed E-state index contributed by atoms with van der Waals surface area (Å²) < 4.78 is 5.46. The van der Waals surface area contributed by atoms with E-state index in [1.165, 1.54) is 0 Å². The van der Waals surface area contributed by atoms with Crippen molar-refractivity contribution in [2.45, 2.75) is 32.4 Å². The van der Waals surface area contributed by atoms with E-state index >= 15 is 0 Å². The van der Waals surface area contributed by atoms with Crippen molar-refractivity contribution in [2.75, 3.05) is 25.0 Å². The number of rotatable bonds is 5. The average Bonchev–Trinajstić information content (AvgIpc) is 2.53. The van der Waals surface area contributed by atoms with E-state index < -0.39 is 0 Å². The van der Waals surface area contributed by atoms with Crippen molar-refractivity contribution in [3.63, 3.8) is 0 Å². The van der Waals surface area contributed by atoms with Crippen LogP contribution < -0.4 is 16.0 Å². The molecule has 120 valence electrons. The predicted molar refractivity (Wildman–Crippen MR) is 84.9 cm³/mol. The molecule has 0 spiro atoms. The van der Waals surface area contributed by atoms with Crippen molar-refractivity contribution < 1.29 is 14.3 Å². The van der Waals surface area contributed by atoms with E-state index in [4.69, 9.17) is 4.74 Å². The van der Waals surface area contributed by atoms with Crippen LogP contribution in [-0.2, 0) is 9.53 Å². The largest absolute Gasteiger partial charge is 0.375 e. The number of ether oxygens (including phenoxy) is 1. The first-order chi connectivity index (χ1) is 10.6. The predicted octanol–water partition coefficient (Wildman–Crippen LogP) is 1.14. The van der Waals surface area contributed by atoms with Crippen LogP contribution in [0.4, 0.5) is 5.69 Å². The summed E-state index contributed by atoms with van der Waals surface area (Å²) in [6.45, 7) is 5.81. The van der Waals surface area contributed by atoms with Gasteiger partial charge in [0, 0.05) is 24.3 Å². The minimum atomic E-state index is -0.360. The second-order valence-corrected chi connectivity index (χ2v) is 5.33. The average molecular weight is 305 g/mol. The highest BCUT2D eigenvalue weighted by atomic mass is 16.5. The molecule has 0 aliphatic carbocycles. The maximum absolute atomic E-state index is 12.2. The van der Waals surface area contributed by atoms with Gasteiger partial charge < -0.3 is 20.7 Å². The van der Waals surface area contributed by atoms with Crippen LogP contribution in [0.3, 0.4) is 0 Å². The molecule has 1 aromatic carbocycles. The van der Waals surface area contributed by atoms with Crippen molar-refractivity contribution in [1.82, 2.24) is 10.6 Å². The molecule has 0 bridgehead atoms. The van der Waals surface area contributed by atoms with Gasteiger partial charge in [0.1, 0.15) is 6.04 Å². The van der Waals surface area contributed by atoms with Gasteiger partial charge in [0.25, 0.3) is 5.91 Å². The van der Waals surface area contributed by atoms with E-state index in [9.17, 15) is 9.59 Å². The molecule has 1 aliphatic heterocycles. The van der Waals surface area contributed by atoms with Crippen LogP contribution in [0.2, 0.25) is 0 Å². The van der Waals surface area contributed by atoms with Gasteiger partial charge in [0.05, 0.1) is 12.7 Å². The summed E-state index contributed by atoms with van der Waals surface area (Å²) in [5.74, 6) is -0.230. The first kappa shape index (κ1) is 16.5. The van der Waals surface area contributed by atoms with Crippen molar-refractivity contribution in [3.05, 3.63) is 29.8 Å². The molecule has 0 radical (unpaired) electrons. The van der Waals surface area contributed by atoms with Gasteiger partial charge in [-0.1, -0.05) is 6.92 Å². The highest BCUT2D eigenvalue weighted by Crippen LogP contribution is 2.12. The highest BCUT2D eigenvalue weighted by molar-refractivity contribution is 5.97. The monoisotopic (exact) mass is 305 g/mol. The molecule has 6 nitrogen and oxygen atoms in total. The van der Waals surface area contributed by atoms with Crippen molar-refractivity contribution in [3.8, 4) is 0 Å². The Kier molecular flexibility index (Phi) is 5.91. The molecule has 0 saturated carbocycles. The Bertz CT molecular complexity index is 516. The first-order valence-corrected chi connectivity index (χ1v) is 7.66. The number of morpholine rings is 1. The maximum atomic E-state index is 12.2. The normalized spacial score (nSPS) is 21.2. The van der Waals surface area contributed by atoms with Crippen molar-refractivity contribution in [2.24, 2.45) is 0 Å². The summed E-state index contributed by atoms with van der Waals surface area (Å²) in [7, 11) is 0. The summed E-state index contributed by atoms with van der Waals surface area (Å²) >= 11 is 0. The number of benzene rings is 1. The molecule has 22 heavy (non-hydrogen) atoms. The zero-order valence-electron chi connectivity index (χ0n) is 13.0. The van der Waals surface area contributed by atoms with Crippen LogP contribution in [0.1, 0.15) is 30.6 Å². The van der Waals surface area contributed by atoms with E-state index in [0.717, 1.165) is 6.42 Å². The first-order valence-electron chi connectivity index (χ1n) is 7.66. The van der Waals surface area contributed by atoms with Gasteiger partial charge in [-0.2, -0.15) is 0 Å². The summed E-state index contributed by atoms with van der Waals surface area (Å²) in [6.07, 6.45) is 0.738. The number of amides is 2. The summed E-state index contributed by atoms with van der Waals surface area (Å²) in [6, 6.07) is 6.51. The lowest BCUT2D eigenvalue weighted by molar-refractivity contribution is -0.123. The minimum absolute atomic E-state index is 0.101. The number of hydrogen-bond acceptors (Lipinski definition) is 4. The highest BCUT2D eigenvalue weighted by Gasteiger charge is 2.28. The molecule has 0 unspecified atom stereocenters. The third kappa shape index (κ3) is 4.29. The van der Waals surface area contributed by atoms with Gasteiger partial charge in [-0.05, 0) is 37.6 Å². The Morgan fingerprint density at radius 2 is 2.05 bits per heavy atom. The molecule has 6 heteroatoms. The number of anilines is 1. The molecular weight excluding hydrogens is 282 g/mol. The van der Waals surface area contributed by atoms with Gasteiger partial charge in [-0.15, -0.1) is 0 Å². The summed E-state index contributed by atoms with van der Waals surface area (Å²) in [5.41, 5.74) is 1.25. The van der Waals surface area contributed by atoms with Crippen LogP contribution >= 0.6 is 0 Å². The van der Waals surface area contributed by atoms with Gasteiger partial charge in [-0.25, -0.2) is 0 Å². The van der Waals surface area contributed by atoms with Gasteiger partial charge >= 0.3 is 0 Å². The van der Waals surface area contributed by atoms with Crippen LogP contribution in [0.5, 0.6) is 0 Å². The molecule has 1 aromatic rings. The van der Waals surface area contributed by atoms with Crippen molar-refractivity contribution in [1.29, 1.82) is 0 Å². The molecular formula is C16H23N3O3. The lowest BCUT2D eigenvalue weighted by Gasteiger charge is -2.29. The van der Waals surface area contributed by atoms with Gasteiger partial charge in [-0.3, -0.25) is 9.59 Å². The smallest absolute Gasteiger partial charge is 0.251 e. The van der Waals surface area contributed by atoms with Crippen molar-refractivity contribution >= 4 is 17.5 Å². The fourth-order valence-corrected chi connectivity index (χ4v) is 2.29. The third-order valence-electron chi connectivity index (χ3n) is 3.55. The molecule has 1 saturated heterocycles. The maximum Gasteiger partial charge on any atom is 0.251 e. The molecule has 1 heterocycles. The molecule has 0 aromatic heterocycles. The topological polar surface area (TPSA) is 79.5 Å². The molecule has 2 atom stereocenters. The number of nitrogens with one attached hydrogen (secondary N) is 3. The standard InChI is InChI=1S/C16H23N3O3/c1-3-8-18-15(20)12-4-6-13(7-5-12)19-16(21)14-11(2)22-10-9-17-14/h4-7,11,14,17H,3,8-10H2,1-2H3,(H,18,20)(H,19,21)/t11-,14+/m1/s1. The Labute approximate surface area is 130 Å². The second kappa shape index (κ2) is 7.91. The molecule has 2 rings (SSSR count). The number of carbonyl (C=O) groups is 2. The fraction of sp³-hybridized carbons (Fsp3) is 0.500. The van der Waals surface area contributed by atoms with Gasteiger partial charge in [0.15, 0.2) is 0 Å². The van der Waals surface area contributed by atoms with E-state index in [0.29, 0.717) is 30.9 Å². The quantitative estimate of drug-likeness (QED) is 0.762. The third-order valence-corrected chi connectivity index (χ3v) is 3.55. The lowest BCUT2D eigenvalue weighted by Crippen LogP contribution is -2.53. The molecule has 1 aliphatic rings. The fourth-order valence-electron chi connectivity index (χ4n) is 2.29. The lowest BCUT2D eigenvalue weighted by atomic mass is 10.1. The molecule has 2 amide bonds. The molecule has 1 fully saturated rings. The van der Waals surface area contributed by atoms with E-state index in [1.807, 2.05) is 13.8 Å². The van der Waals surface area contributed by atoms with Crippen LogP contribution in [0.15, 0.2) is 24.3 Å². The SMILES string of the molecule is CCCNC(=O)c1ccc(NC(=O)[C@H]2NCCO[C@@H]2C)cc1. The molecule has 3 N–H and O–H groups in total. The Morgan fingerprint density at radius 1 is 1.32 bits per heavy atom. The number of hydrogen-bond donors (Lipinski definition) is 3. The number of carbonyl (C=O) groups excluding carboxylic acids is 2. The Morgan fingerprint density at radius 3 is 2.68 bits per heavy atom. The minimum Gasteiger partial charge on any atom is -0.375 e. The van der Waals surface area contributed by atoms with E-state index in [-0.39, 0.29) is 24.0 Å². The van der Waals surface area contributed by atoms with Crippen LogP contribution in [0.25, 0.3) is 0 Å². The zero-order valence-corrected chi connectivity index (χ0v) is 13.0. The van der Waals surface area contributed by atoms with Gasteiger partial charge in [0.2, 0.25) is 5.91 Å². The van der Waals surface area contributed by atoms with Crippen LogP contribution in [0, 0.1) is 0 Å². The zero-order chi connectivity index (χ0) is 15.9. The Balaban J connectivity index is 1.93. The summed E-state index contributed by atoms with van der Waals surface area (Å²) in [4.78, 5) is 24.0. The van der Waals surface area contributed by atoms with E-state index in [2.05, 4.69) is 16.0 Å². The Hall–Kier alpha value is -1.92. The summed E-state index contributed by atoms with van der Waals surface area (Å²) in [5, 5.41) is 8.79. The second-order valence-electron chi connectivity index (χ2n) is 5.33. The van der Waals surface area contributed by atoms with Crippen LogP contribution in [-0.4, -0.2) is 43.7 Å².